The first-order chi connectivity index (χ1) is 12.6. The molecule has 0 saturated heterocycles. The van der Waals surface area contributed by atoms with Crippen molar-refractivity contribution in [2.75, 3.05) is 0 Å². The maximum absolute atomic E-state index is 14.6. The second-order valence-corrected chi connectivity index (χ2v) is 8.66. The standard InChI is InChI=1S/C16H10Br2F2N2O4S/c17-9-2-1-7(3-10(9)18)16-15(13(6-23)26-22-16)8-4-12(20)14(5-11(8)19)27(21,24)25/h1-5,23H,6H2,(H2,21,24,25). The lowest BCUT2D eigenvalue weighted by Gasteiger charge is -2.09. The van der Waals surface area contributed by atoms with Gasteiger partial charge in [0.2, 0.25) is 10.0 Å². The van der Waals surface area contributed by atoms with E-state index in [1.807, 2.05) is 0 Å². The molecule has 3 rings (SSSR count). The highest BCUT2D eigenvalue weighted by Crippen LogP contribution is 2.39. The first-order valence-corrected chi connectivity index (χ1v) is 10.3. The van der Waals surface area contributed by atoms with Gasteiger partial charge in [0, 0.05) is 20.1 Å². The van der Waals surface area contributed by atoms with E-state index in [4.69, 9.17) is 9.66 Å². The van der Waals surface area contributed by atoms with Gasteiger partial charge in [-0.3, -0.25) is 0 Å². The summed E-state index contributed by atoms with van der Waals surface area (Å²) in [4.78, 5) is -0.973. The van der Waals surface area contributed by atoms with Crippen molar-refractivity contribution in [3.63, 3.8) is 0 Å². The largest absolute Gasteiger partial charge is 0.388 e. The van der Waals surface area contributed by atoms with Gasteiger partial charge in [-0.05, 0) is 56.1 Å². The summed E-state index contributed by atoms with van der Waals surface area (Å²) in [6.07, 6.45) is 0. The van der Waals surface area contributed by atoms with E-state index in [1.165, 1.54) is 0 Å². The number of nitrogens with zero attached hydrogens (tertiary/aromatic N) is 1. The Morgan fingerprint density at radius 1 is 1.11 bits per heavy atom. The number of aromatic nitrogens is 1. The van der Waals surface area contributed by atoms with E-state index >= 15 is 0 Å². The molecule has 1 heterocycles. The highest BCUT2D eigenvalue weighted by atomic mass is 79.9. The van der Waals surface area contributed by atoms with Crippen LogP contribution in [0.5, 0.6) is 0 Å². The van der Waals surface area contributed by atoms with Crippen molar-refractivity contribution in [1.29, 1.82) is 0 Å². The number of aliphatic hydroxyl groups excluding tert-OH is 1. The topological polar surface area (TPSA) is 106 Å². The number of halogens is 4. The number of nitrogens with two attached hydrogens (primary N) is 1. The van der Waals surface area contributed by atoms with Gasteiger partial charge < -0.3 is 9.63 Å². The van der Waals surface area contributed by atoms with Crippen molar-refractivity contribution in [3.8, 4) is 22.4 Å². The number of sulfonamides is 1. The molecule has 0 amide bonds. The predicted molar refractivity (Wildman–Crippen MR) is 100.0 cm³/mol. The minimum atomic E-state index is -4.44. The monoisotopic (exact) mass is 522 g/mol. The fourth-order valence-electron chi connectivity index (χ4n) is 2.49. The lowest BCUT2D eigenvalue weighted by atomic mass is 9.98. The van der Waals surface area contributed by atoms with Crippen molar-refractivity contribution in [2.45, 2.75) is 11.5 Å². The van der Waals surface area contributed by atoms with Crippen LogP contribution >= 0.6 is 31.9 Å². The van der Waals surface area contributed by atoms with Crippen molar-refractivity contribution in [2.24, 2.45) is 5.14 Å². The van der Waals surface area contributed by atoms with E-state index in [0.29, 0.717) is 22.2 Å². The quantitative estimate of drug-likeness (QED) is 0.538. The third-order valence-electron chi connectivity index (χ3n) is 3.70. The van der Waals surface area contributed by atoms with Crippen LogP contribution in [0.2, 0.25) is 0 Å². The van der Waals surface area contributed by atoms with E-state index in [2.05, 4.69) is 37.0 Å². The SMILES string of the molecule is NS(=O)(=O)c1cc(F)c(-c2c(-c3ccc(Br)c(Br)c3)noc2CO)cc1F. The molecule has 1 aromatic heterocycles. The van der Waals surface area contributed by atoms with Gasteiger partial charge in [-0.25, -0.2) is 22.3 Å². The second kappa shape index (κ2) is 7.40. The number of hydrogen-bond donors (Lipinski definition) is 2. The molecule has 0 aliphatic rings. The zero-order valence-corrected chi connectivity index (χ0v) is 17.2. The zero-order chi connectivity index (χ0) is 19.9. The summed E-state index contributed by atoms with van der Waals surface area (Å²) >= 11 is 6.66. The Balaban J connectivity index is 2.27. The Hall–Kier alpha value is -1.66. The number of aliphatic hydroxyl groups is 1. The Labute approximate surface area is 169 Å². The Kier molecular flexibility index (Phi) is 5.50. The van der Waals surface area contributed by atoms with Crippen molar-refractivity contribution >= 4 is 41.9 Å². The van der Waals surface area contributed by atoms with Crippen LogP contribution < -0.4 is 5.14 Å². The van der Waals surface area contributed by atoms with E-state index in [1.54, 1.807) is 18.2 Å². The maximum Gasteiger partial charge on any atom is 0.241 e. The van der Waals surface area contributed by atoms with E-state index < -0.39 is 33.2 Å². The summed E-state index contributed by atoms with van der Waals surface area (Å²) in [5, 5.41) is 18.2. The van der Waals surface area contributed by atoms with Crippen molar-refractivity contribution < 1.29 is 26.8 Å². The number of benzene rings is 2. The van der Waals surface area contributed by atoms with Crippen LogP contribution in [-0.2, 0) is 16.6 Å². The Bertz CT molecular complexity index is 1150. The van der Waals surface area contributed by atoms with Crippen LogP contribution in [0, 0.1) is 11.6 Å². The summed E-state index contributed by atoms with van der Waals surface area (Å²) in [5.74, 6) is -2.40. The highest BCUT2D eigenvalue weighted by Gasteiger charge is 2.25. The van der Waals surface area contributed by atoms with E-state index in [-0.39, 0.29) is 22.6 Å². The molecule has 0 aliphatic heterocycles. The fourth-order valence-corrected chi connectivity index (χ4v) is 3.71. The van der Waals surface area contributed by atoms with E-state index in [9.17, 15) is 22.3 Å². The average molecular weight is 524 g/mol. The van der Waals surface area contributed by atoms with Crippen LogP contribution in [-0.4, -0.2) is 18.7 Å². The van der Waals surface area contributed by atoms with Gasteiger partial charge in [-0.2, -0.15) is 0 Å². The van der Waals surface area contributed by atoms with Gasteiger partial charge in [0.15, 0.2) is 5.76 Å². The molecule has 11 heteroatoms. The van der Waals surface area contributed by atoms with Gasteiger partial charge in [-0.1, -0.05) is 11.2 Å². The minimum absolute atomic E-state index is 0.00379. The normalized spacial score (nSPS) is 11.8. The summed E-state index contributed by atoms with van der Waals surface area (Å²) in [7, 11) is -4.44. The lowest BCUT2D eigenvalue weighted by Crippen LogP contribution is -2.14. The molecule has 0 aliphatic carbocycles. The first-order valence-electron chi connectivity index (χ1n) is 7.20. The Morgan fingerprint density at radius 3 is 2.41 bits per heavy atom. The van der Waals surface area contributed by atoms with Crippen LogP contribution in [0.3, 0.4) is 0 Å². The number of primary sulfonamides is 1. The molecule has 0 fully saturated rings. The highest BCUT2D eigenvalue weighted by molar-refractivity contribution is 9.13. The average Bonchev–Trinajstić information content (AvgIpc) is 3.01. The second-order valence-electron chi connectivity index (χ2n) is 5.42. The smallest absolute Gasteiger partial charge is 0.241 e. The van der Waals surface area contributed by atoms with Crippen molar-refractivity contribution in [3.05, 3.63) is 56.7 Å². The number of rotatable bonds is 4. The molecule has 0 unspecified atom stereocenters. The summed E-state index contributed by atoms with van der Waals surface area (Å²) < 4.78 is 58.1. The molecule has 3 aromatic rings. The molecule has 2 aromatic carbocycles. The van der Waals surface area contributed by atoms with Gasteiger partial charge in [0.1, 0.15) is 28.8 Å². The maximum atomic E-state index is 14.6. The lowest BCUT2D eigenvalue weighted by molar-refractivity contribution is 0.230. The summed E-state index contributed by atoms with van der Waals surface area (Å²) in [6.45, 7) is -0.627. The third-order valence-corrected chi connectivity index (χ3v) is 6.50. The predicted octanol–water partition coefficient (Wildman–Crippen LogP) is 3.95. The molecular weight excluding hydrogens is 514 g/mol. The third kappa shape index (κ3) is 3.83. The molecule has 0 radical (unpaired) electrons. The first kappa shape index (κ1) is 20.1. The zero-order valence-electron chi connectivity index (χ0n) is 13.2. The summed E-state index contributed by atoms with van der Waals surface area (Å²) in [6, 6.07) is 6.19. The van der Waals surface area contributed by atoms with Crippen LogP contribution in [0.25, 0.3) is 22.4 Å². The van der Waals surface area contributed by atoms with E-state index in [0.717, 1.165) is 4.47 Å². The van der Waals surface area contributed by atoms with Crippen LogP contribution in [0.1, 0.15) is 5.76 Å². The van der Waals surface area contributed by atoms with Crippen LogP contribution in [0.15, 0.2) is 48.7 Å². The number of hydrogen-bond acceptors (Lipinski definition) is 5. The Morgan fingerprint density at radius 2 is 1.81 bits per heavy atom. The molecule has 142 valence electrons. The molecule has 0 spiro atoms. The van der Waals surface area contributed by atoms with Gasteiger partial charge in [-0.15, -0.1) is 0 Å². The van der Waals surface area contributed by atoms with Crippen LogP contribution in [0.4, 0.5) is 8.78 Å². The molecule has 27 heavy (non-hydrogen) atoms. The fraction of sp³-hybridized carbons (Fsp3) is 0.0625. The molecule has 0 atom stereocenters. The molecule has 0 saturated carbocycles. The minimum Gasteiger partial charge on any atom is -0.388 e. The van der Waals surface area contributed by atoms with Gasteiger partial charge >= 0.3 is 0 Å². The molecular formula is C16H10Br2F2N2O4S. The molecule has 6 nitrogen and oxygen atoms in total. The molecule has 3 N–H and O–H groups in total. The van der Waals surface area contributed by atoms with Gasteiger partial charge in [0.25, 0.3) is 0 Å². The van der Waals surface area contributed by atoms with Crippen molar-refractivity contribution in [1.82, 2.24) is 5.16 Å². The van der Waals surface area contributed by atoms with Gasteiger partial charge in [0.05, 0.1) is 5.56 Å². The summed E-state index contributed by atoms with van der Waals surface area (Å²) in [5.41, 5.74) is 0.330. The molecule has 0 bridgehead atoms.